The molecule has 1 aromatic heterocycles. The van der Waals surface area contributed by atoms with Crippen molar-refractivity contribution in [1.29, 1.82) is 0 Å². The van der Waals surface area contributed by atoms with Crippen molar-refractivity contribution < 1.29 is 37.0 Å². The summed E-state index contributed by atoms with van der Waals surface area (Å²) in [5.74, 6) is -1.70. The molecule has 3 atom stereocenters. The average molecular weight is 557 g/mol. The molecule has 0 saturated carbocycles. The van der Waals surface area contributed by atoms with Gasteiger partial charge in [-0.05, 0) is 49.2 Å². The third kappa shape index (κ3) is 5.77. The van der Waals surface area contributed by atoms with Crippen LogP contribution in [0.5, 0.6) is 0 Å². The molecule has 3 aromatic rings. The second kappa shape index (κ2) is 10.5. The number of nitrogens with one attached hydrogen (secondary N) is 1. The van der Waals surface area contributed by atoms with E-state index < -0.39 is 41.9 Å². The van der Waals surface area contributed by atoms with Crippen LogP contribution in [0.4, 0.5) is 19.0 Å². The number of fused-ring (bicyclic) bond motifs is 1. The van der Waals surface area contributed by atoms with Gasteiger partial charge in [0.15, 0.2) is 11.5 Å². The summed E-state index contributed by atoms with van der Waals surface area (Å²) in [4.78, 5) is 34.1. The Kier molecular flexibility index (Phi) is 7.23. The molecule has 9 nitrogen and oxygen atoms in total. The van der Waals surface area contributed by atoms with Gasteiger partial charge in [-0.15, -0.1) is 0 Å². The summed E-state index contributed by atoms with van der Waals surface area (Å²) in [7, 11) is 1.32. The lowest BCUT2D eigenvalue weighted by atomic mass is 9.97. The maximum Gasteiger partial charge on any atom is 0.434 e. The molecule has 2 aromatic carbocycles. The molecule has 1 amide bonds. The van der Waals surface area contributed by atoms with E-state index in [0.29, 0.717) is 17.3 Å². The van der Waals surface area contributed by atoms with Crippen molar-refractivity contribution >= 4 is 17.7 Å². The predicted octanol–water partition coefficient (Wildman–Crippen LogP) is 4.41. The fraction of sp³-hybridized carbons (Fsp3) is 0.357. The molecule has 2 saturated heterocycles. The summed E-state index contributed by atoms with van der Waals surface area (Å²) in [6, 6.07) is 13.3. The van der Waals surface area contributed by atoms with Crippen LogP contribution in [0.1, 0.15) is 40.3 Å². The molecule has 0 radical (unpaired) electrons. The Morgan fingerprint density at radius 3 is 2.20 bits per heavy atom. The molecule has 40 heavy (non-hydrogen) atoms. The highest BCUT2D eigenvalue weighted by Crippen LogP contribution is 2.35. The van der Waals surface area contributed by atoms with Crippen LogP contribution < -0.4 is 5.32 Å². The van der Waals surface area contributed by atoms with Crippen molar-refractivity contribution in [2.24, 2.45) is 0 Å². The monoisotopic (exact) mass is 556 g/mol. The lowest BCUT2D eigenvalue weighted by Crippen LogP contribution is -2.58. The van der Waals surface area contributed by atoms with Crippen molar-refractivity contribution in [3.8, 4) is 11.1 Å². The van der Waals surface area contributed by atoms with Crippen LogP contribution in [0.15, 0.2) is 60.9 Å². The van der Waals surface area contributed by atoms with Crippen LogP contribution in [0, 0.1) is 0 Å². The number of methoxy groups -OCH3 is 1. The summed E-state index contributed by atoms with van der Waals surface area (Å²) in [6.07, 6.45) is -3.82. The summed E-state index contributed by atoms with van der Waals surface area (Å²) >= 11 is 0. The van der Waals surface area contributed by atoms with E-state index in [1.807, 2.05) is 0 Å². The van der Waals surface area contributed by atoms with Crippen molar-refractivity contribution in [3.63, 3.8) is 0 Å². The second-order valence-corrected chi connectivity index (χ2v) is 10.0. The minimum atomic E-state index is -4.65. The maximum absolute atomic E-state index is 13.5. The number of piperidine rings is 1. The zero-order valence-corrected chi connectivity index (χ0v) is 21.9. The first-order valence-electron chi connectivity index (χ1n) is 12.5. The van der Waals surface area contributed by atoms with Gasteiger partial charge in [0, 0.05) is 12.1 Å². The Hall–Kier alpha value is -4.03. The minimum absolute atomic E-state index is 0.0799. The number of likely N-dealkylation sites (tertiary alicyclic amines) is 1. The number of nitrogens with zero attached hydrogens (tertiary/aromatic N) is 3. The average Bonchev–Trinajstić information content (AvgIpc) is 3.26. The molecular formula is C28H27F3N4O5. The van der Waals surface area contributed by atoms with Crippen LogP contribution in [-0.2, 0) is 20.4 Å². The largest absolute Gasteiger partial charge is 0.465 e. The number of amides is 1. The Morgan fingerprint density at radius 1 is 0.975 bits per heavy atom. The van der Waals surface area contributed by atoms with Gasteiger partial charge in [-0.2, -0.15) is 13.2 Å². The van der Waals surface area contributed by atoms with Gasteiger partial charge in [-0.3, -0.25) is 9.78 Å². The molecule has 12 heteroatoms. The van der Waals surface area contributed by atoms with E-state index in [1.54, 1.807) is 67.3 Å². The molecule has 3 heterocycles. The zero-order valence-electron chi connectivity index (χ0n) is 21.9. The van der Waals surface area contributed by atoms with Crippen molar-refractivity contribution in [3.05, 3.63) is 77.7 Å². The van der Waals surface area contributed by atoms with Gasteiger partial charge in [-0.1, -0.05) is 24.3 Å². The Morgan fingerprint density at radius 2 is 1.60 bits per heavy atom. The molecule has 5 rings (SSSR count). The molecule has 0 unspecified atom stereocenters. The summed E-state index contributed by atoms with van der Waals surface area (Å²) < 4.78 is 56.3. The smallest absolute Gasteiger partial charge is 0.434 e. The van der Waals surface area contributed by atoms with E-state index in [-0.39, 0.29) is 24.8 Å². The first-order valence-corrected chi connectivity index (χ1v) is 12.5. The van der Waals surface area contributed by atoms with Gasteiger partial charge in [-0.25, -0.2) is 9.78 Å². The van der Waals surface area contributed by atoms with E-state index in [4.69, 9.17) is 14.2 Å². The lowest BCUT2D eigenvalue weighted by molar-refractivity contribution is -0.145. The molecular weight excluding hydrogens is 529 g/mol. The maximum atomic E-state index is 13.5. The van der Waals surface area contributed by atoms with E-state index in [0.717, 1.165) is 11.1 Å². The second-order valence-electron chi connectivity index (χ2n) is 10.0. The minimum Gasteiger partial charge on any atom is -0.465 e. The molecule has 1 N–H and O–H groups in total. The Balaban J connectivity index is 1.34. The first-order chi connectivity index (χ1) is 18.9. The quantitative estimate of drug-likeness (QED) is 0.462. The topological polar surface area (TPSA) is 103 Å². The Labute approximate surface area is 228 Å². The number of anilines is 1. The number of carbonyl (C=O) groups excluding carboxylic acids is 2. The van der Waals surface area contributed by atoms with Gasteiger partial charge >= 0.3 is 12.1 Å². The number of esters is 1. The molecule has 0 spiro atoms. The number of benzene rings is 2. The van der Waals surface area contributed by atoms with Crippen molar-refractivity contribution in [2.75, 3.05) is 25.5 Å². The molecule has 0 aliphatic carbocycles. The molecule has 2 aliphatic rings. The third-order valence-corrected chi connectivity index (χ3v) is 6.75. The highest BCUT2D eigenvalue weighted by molar-refractivity contribution is 5.95. The molecule has 210 valence electrons. The number of rotatable bonds is 5. The number of ether oxygens (including phenoxy) is 3. The highest BCUT2D eigenvalue weighted by Gasteiger charge is 2.50. The van der Waals surface area contributed by atoms with Crippen LogP contribution in [0.3, 0.4) is 0 Å². The number of aromatic nitrogens is 2. The SMILES string of the molecule is COC(=O)c1ccc(-c2ccc(C(=O)N3C[C@H](Nc4cncc(C(F)(F)F)n4)[C@H]4OC(C)(C)O[C@H]4C3)cc2)cc1. The fourth-order valence-corrected chi connectivity index (χ4v) is 4.94. The number of hydrogen-bond donors (Lipinski definition) is 1. The van der Waals surface area contributed by atoms with Crippen molar-refractivity contribution in [1.82, 2.24) is 14.9 Å². The normalized spacial score (nSPS) is 21.9. The zero-order chi connectivity index (χ0) is 28.7. The molecule has 0 bridgehead atoms. The Bertz CT molecular complexity index is 1400. The highest BCUT2D eigenvalue weighted by atomic mass is 19.4. The van der Waals surface area contributed by atoms with Gasteiger partial charge in [0.25, 0.3) is 5.91 Å². The van der Waals surface area contributed by atoms with Crippen molar-refractivity contribution in [2.45, 2.75) is 44.1 Å². The fourth-order valence-electron chi connectivity index (χ4n) is 4.94. The van der Waals surface area contributed by atoms with E-state index in [1.165, 1.54) is 13.3 Å². The summed E-state index contributed by atoms with van der Waals surface area (Å²) in [5.41, 5.74) is 1.45. The standard InChI is InChI=1S/C28H27F3N4O5/c1-27(2)39-21-15-35(14-20(24(21)40-27)33-23-13-32-12-22(34-23)28(29,30)31)25(36)18-8-4-16(5-9-18)17-6-10-19(11-7-17)26(37)38-3/h4-13,20-21,24H,14-15H2,1-3H3,(H,33,34)/t20-,21-,24+/m0/s1. The third-order valence-electron chi connectivity index (χ3n) is 6.75. The van der Waals surface area contributed by atoms with Crippen LogP contribution in [0.2, 0.25) is 0 Å². The van der Waals surface area contributed by atoms with Gasteiger partial charge in [0.2, 0.25) is 0 Å². The lowest BCUT2D eigenvalue weighted by Gasteiger charge is -2.39. The van der Waals surface area contributed by atoms with Gasteiger partial charge < -0.3 is 24.4 Å². The number of halogens is 3. The van der Waals surface area contributed by atoms with E-state index in [9.17, 15) is 22.8 Å². The van der Waals surface area contributed by atoms with Crippen LogP contribution in [-0.4, -0.2) is 71.0 Å². The van der Waals surface area contributed by atoms with Crippen LogP contribution >= 0.6 is 0 Å². The number of hydrogen-bond acceptors (Lipinski definition) is 8. The predicted molar refractivity (Wildman–Crippen MR) is 137 cm³/mol. The van der Waals surface area contributed by atoms with E-state index in [2.05, 4.69) is 15.3 Å². The molecule has 2 aliphatic heterocycles. The molecule has 2 fully saturated rings. The van der Waals surface area contributed by atoms with E-state index >= 15 is 0 Å². The van der Waals surface area contributed by atoms with Gasteiger partial charge in [0.05, 0.1) is 37.7 Å². The number of carbonyl (C=O) groups is 2. The van der Waals surface area contributed by atoms with Gasteiger partial charge in [0.1, 0.15) is 18.0 Å². The summed E-state index contributed by atoms with van der Waals surface area (Å²) in [5, 5.41) is 2.98. The summed E-state index contributed by atoms with van der Waals surface area (Å²) in [6.45, 7) is 3.88. The number of alkyl halides is 3. The van der Waals surface area contributed by atoms with Crippen LogP contribution in [0.25, 0.3) is 11.1 Å². The first kappa shape index (κ1) is 27.5.